The average molecular weight is 278 g/mol. The summed E-state index contributed by atoms with van der Waals surface area (Å²) < 4.78 is 1.13. The lowest BCUT2D eigenvalue weighted by atomic mass is 10.1. The van der Waals surface area contributed by atoms with Crippen molar-refractivity contribution in [1.82, 2.24) is 0 Å². The zero-order valence-electron chi connectivity index (χ0n) is 6.06. The molecule has 0 amide bonds. The molecule has 0 saturated heterocycles. The number of ketones is 1. The van der Waals surface area contributed by atoms with Crippen LogP contribution in [0.4, 0.5) is 0 Å². The largest absolute Gasteiger partial charge is 0.289 e. The molecule has 1 rings (SSSR count). The molecule has 0 aliphatic heterocycles. The first-order chi connectivity index (χ1) is 5.11. The zero-order valence-corrected chi connectivity index (χ0v) is 9.03. The van der Waals surface area contributed by atoms with Crippen LogP contribution in [0.1, 0.15) is 17.3 Å². The molecule has 0 atom stereocenters. The first-order valence-electron chi connectivity index (χ1n) is 3.05. The number of thiophene rings is 1. The van der Waals surface area contributed by atoms with Gasteiger partial charge < -0.3 is 0 Å². The highest BCUT2D eigenvalue weighted by Gasteiger charge is 2.07. The highest BCUT2D eigenvalue weighted by molar-refractivity contribution is 14.1. The number of carbonyl (C=O) groups is 1. The molecule has 1 heterocycles. The Bertz CT molecular complexity index is 301. The molecular formula is C8H7IOS. The van der Waals surface area contributed by atoms with E-state index >= 15 is 0 Å². The van der Waals surface area contributed by atoms with Gasteiger partial charge in [0.05, 0.1) is 2.88 Å². The fourth-order valence-corrected chi connectivity index (χ4v) is 2.00. The van der Waals surface area contributed by atoms with Crippen molar-refractivity contribution < 1.29 is 4.79 Å². The van der Waals surface area contributed by atoms with Crippen LogP contribution in [-0.4, -0.2) is 5.78 Å². The van der Waals surface area contributed by atoms with E-state index in [1.54, 1.807) is 18.3 Å². The highest BCUT2D eigenvalue weighted by Crippen LogP contribution is 2.18. The molecule has 11 heavy (non-hydrogen) atoms. The molecule has 0 saturated carbocycles. The van der Waals surface area contributed by atoms with Crippen molar-refractivity contribution in [2.24, 2.45) is 0 Å². The van der Waals surface area contributed by atoms with Crippen molar-refractivity contribution >= 4 is 39.7 Å². The summed E-state index contributed by atoms with van der Waals surface area (Å²) in [7, 11) is 0. The molecule has 0 fully saturated rings. The van der Waals surface area contributed by atoms with Gasteiger partial charge in [-0.05, 0) is 41.2 Å². The third-order valence-electron chi connectivity index (χ3n) is 1.22. The molecule has 0 unspecified atom stereocenters. The lowest BCUT2D eigenvalue weighted by molar-refractivity contribution is 0.103. The van der Waals surface area contributed by atoms with Gasteiger partial charge in [0.2, 0.25) is 0 Å². The van der Waals surface area contributed by atoms with Gasteiger partial charge in [-0.25, -0.2) is 0 Å². The van der Waals surface area contributed by atoms with Crippen molar-refractivity contribution in [2.45, 2.75) is 6.92 Å². The van der Waals surface area contributed by atoms with Crippen molar-refractivity contribution in [3.8, 4) is 0 Å². The summed E-state index contributed by atoms with van der Waals surface area (Å²) >= 11 is 3.77. The summed E-state index contributed by atoms with van der Waals surface area (Å²) in [5, 5.41) is 1.86. The van der Waals surface area contributed by atoms with Crippen molar-refractivity contribution in [3.63, 3.8) is 0 Å². The van der Waals surface area contributed by atoms with Crippen LogP contribution >= 0.6 is 33.9 Å². The second kappa shape index (κ2) is 3.49. The van der Waals surface area contributed by atoms with Crippen LogP contribution in [0.3, 0.4) is 0 Å². The van der Waals surface area contributed by atoms with Gasteiger partial charge in [-0.15, -0.1) is 11.3 Å². The maximum atomic E-state index is 11.3. The Balaban J connectivity index is 2.94. The Kier molecular flexibility index (Phi) is 2.84. The van der Waals surface area contributed by atoms with E-state index in [1.807, 2.05) is 11.4 Å². The number of halogens is 1. The van der Waals surface area contributed by atoms with Crippen LogP contribution < -0.4 is 0 Å². The number of hydrogen-bond donors (Lipinski definition) is 0. The first-order valence-corrected chi connectivity index (χ1v) is 5.01. The highest BCUT2D eigenvalue weighted by atomic mass is 127. The van der Waals surface area contributed by atoms with Gasteiger partial charge in [-0.2, -0.15) is 0 Å². The fourth-order valence-electron chi connectivity index (χ4n) is 0.676. The van der Waals surface area contributed by atoms with E-state index in [4.69, 9.17) is 0 Å². The number of carbonyl (C=O) groups excluding carboxylic acids is 1. The quantitative estimate of drug-likeness (QED) is 0.461. The minimum absolute atomic E-state index is 0.0455. The standard InChI is InChI=1S/C8H7IOS/c1-5(2)8(10)6-3-7(9)11-4-6/h3-4H,1H2,2H3. The maximum absolute atomic E-state index is 11.3. The Hall–Kier alpha value is -0.160. The third-order valence-corrected chi connectivity index (χ3v) is 3.01. The minimum atomic E-state index is 0.0455. The van der Waals surface area contributed by atoms with E-state index in [9.17, 15) is 4.79 Å². The summed E-state index contributed by atoms with van der Waals surface area (Å²) in [4.78, 5) is 11.3. The smallest absolute Gasteiger partial charge is 0.189 e. The van der Waals surface area contributed by atoms with Gasteiger partial charge in [0, 0.05) is 10.9 Å². The Morgan fingerprint density at radius 2 is 2.36 bits per heavy atom. The van der Waals surface area contributed by atoms with E-state index in [0.29, 0.717) is 5.57 Å². The number of hydrogen-bond acceptors (Lipinski definition) is 2. The zero-order chi connectivity index (χ0) is 8.43. The van der Waals surface area contributed by atoms with Crippen LogP contribution in [0.25, 0.3) is 0 Å². The SMILES string of the molecule is C=C(C)C(=O)c1csc(I)c1. The molecule has 0 aliphatic carbocycles. The first kappa shape index (κ1) is 8.93. The predicted octanol–water partition coefficient (Wildman–Crippen LogP) is 3.11. The van der Waals surface area contributed by atoms with E-state index in [-0.39, 0.29) is 5.78 Å². The average Bonchev–Trinajstić information content (AvgIpc) is 2.34. The van der Waals surface area contributed by atoms with E-state index in [0.717, 1.165) is 8.45 Å². The maximum Gasteiger partial charge on any atom is 0.189 e. The number of Topliss-reactive ketones (excluding diaryl/α,β-unsaturated/α-hetero) is 1. The second-order valence-electron chi connectivity index (χ2n) is 2.25. The lowest BCUT2D eigenvalue weighted by Gasteiger charge is -1.91. The van der Waals surface area contributed by atoms with Crippen molar-refractivity contribution in [2.75, 3.05) is 0 Å². The molecule has 1 nitrogen and oxygen atoms in total. The van der Waals surface area contributed by atoms with Crippen LogP contribution in [0.15, 0.2) is 23.6 Å². The van der Waals surface area contributed by atoms with Gasteiger partial charge in [0.15, 0.2) is 5.78 Å². The number of rotatable bonds is 2. The summed E-state index contributed by atoms with van der Waals surface area (Å²) in [6, 6.07) is 1.88. The molecule has 0 aromatic carbocycles. The second-order valence-corrected chi connectivity index (χ2v) is 5.05. The fraction of sp³-hybridized carbons (Fsp3) is 0.125. The van der Waals surface area contributed by atoms with Gasteiger partial charge in [-0.1, -0.05) is 6.58 Å². The van der Waals surface area contributed by atoms with Gasteiger partial charge >= 0.3 is 0 Å². The molecule has 0 N–H and O–H groups in total. The molecule has 1 aromatic rings. The molecular weight excluding hydrogens is 271 g/mol. The Morgan fingerprint density at radius 1 is 1.73 bits per heavy atom. The third kappa shape index (κ3) is 2.13. The van der Waals surface area contributed by atoms with Crippen molar-refractivity contribution in [1.29, 1.82) is 0 Å². The van der Waals surface area contributed by atoms with Gasteiger partial charge in [-0.3, -0.25) is 4.79 Å². The molecule has 3 heteroatoms. The van der Waals surface area contributed by atoms with E-state index in [2.05, 4.69) is 29.2 Å². The summed E-state index contributed by atoms with van der Waals surface area (Å²) in [5.74, 6) is 0.0455. The lowest BCUT2D eigenvalue weighted by Crippen LogP contribution is -1.96. The molecule has 0 bridgehead atoms. The van der Waals surface area contributed by atoms with Gasteiger partial charge in [0.1, 0.15) is 0 Å². The van der Waals surface area contributed by atoms with Gasteiger partial charge in [0.25, 0.3) is 0 Å². The monoisotopic (exact) mass is 278 g/mol. The predicted molar refractivity (Wildman–Crippen MR) is 56.2 cm³/mol. The Labute approximate surface area is 83.3 Å². The topological polar surface area (TPSA) is 17.1 Å². The normalized spacial score (nSPS) is 9.64. The molecule has 0 spiro atoms. The summed E-state index contributed by atoms with van der Waals surface area (Å²) in [5.41, 5.74) is 1.35. The molecule has 1 aromatic heterocycles. The molecule has 58 valence electrons. The van der Waals surface area contributed by atoms with Crippen LogP contribution in [0.5, 0.6) is 0 Å². The van der Waals surface area contributed by atoms with Crippen LogP contribution in [-0.2, 0) is 0 Å². The van der Waals surface area contributed by atoms with Crippen LogP contribution in [0.2, 0.25) is 0 Å². The van der Waals surface area contributed by atoms with Crippen molar-refractivity contribution in [3.05, 3.63) is 32.0 Å². The van der Waals surface area contributed by atoms with E-state index in [1.165, 1.54) is 0 Å². The minimum Gasteiger partial charge on any atom is -0.289 e. The van der Waals surface area contributed by atoms with E-state index < -0.39 is 0 Å². The summed E-state index contributed by atoms with van der Waals surface area (Å²) in [6.45, 7) is 5.32. The molecule has 0 aliphatic rings. The number of allylic oxidation sites excluding steroid dienone is 1. The Morgan fingerprint density at radius 3 is 2.73 bits per heavy atom. The molecule has 0 radical (unpaired) electrons. The summed E-state index contributed by atoms with van der Waals surface area (Å²) in [6.07, 6.45) is 0. The van der Waals surface area contributed by atoms with Crippen LogP contribution in [0, 0.1) is 2.88 Å².